The summed E-state index contributed by atoms with van der Waals surface area (Å²) in [6.45, 7) is 2.23. The van der Waals surface area contributed by atoms with Crippen LogP contribution in [0.3, 0.4) is 0 Å². The quantitative estimate of drug-likeness (QED) is 0.877. The van der Waals surface area contributed by atoms with Crippen LogP contribution < -0.4 is 5.32 Å². The monoisotopic (exact) mass is 361 g/mol. The van der Waals surface area contributed by atoms with Gasteiger partial charge in [0.2, 0.25) is 5.91 Å². The standard InChI is InChI=1S/C17H20ClN5O2/c18-14-11-21-23(12-14)10-7-20-16(24)13-4-8-22(9-5-13)17(25)15-3-1-2-6-19-15/h1-3,6,11-13H,4-5,7-10H2,(H,20,24). The van der Waals surface area contributed by atoms with Crippen LogP contribution in [0.25, 0.3) is 0 Å². The summed E-state index contributed by atoms with van der Waals surface area (Å²) < 4.78 is 1.69. The molecule has 0 aliphatic carbocycles. The Kier molecular flexibility index (Phi) is 5.65. The molecule has 0 bridgehead atoms. The molecule has 1 aliphatic heterocycles. The number of pyridine rings is 1. The Balaban J connectivity index is 1.42. The average Bonchev–Trinajstić information content (AvgIpc) is 3.07. The minimum Gasteiger partial charge on any atom is -0.354 e. The van der Waals surface area contributed by atoms with Crippen LogP contribution in [0, 0.1) is 5.92 Å². The second-order valence-electron chi connectivity index (χ2n) is 5.99. The van der Waals surface area contributed by atoms with Gasteiger partial charge in [0.15, 0.2) is 0 Å². The highest BCUT2D eigenvalue weighted by molar-refractivity contribution is 6.30. The van der Waals surface area contributed by atoms with Crippen molar-refractivity contribution in [2.75, 3.05) is 19.6 Å². The van der Waals surface area contributed by atoms with Crippen LogP contribution in [-0.2, 0) is 11.3 Å². The number of rotatable bonds is 5. The molecule has 0 atom stereocenters. The summed E-state index contributed by atoms with van der Waals surface area (Å²) in [4.78, 5) is 30.5. The Morgan fingerprint density at radius 2 is 2.08 bits per heavy atom. The molecular weight excluding hydrogens is 342 g/mol. The third kappa shape index (κ3) is 4.57. The Hall–Kier alpha value is -2.41. The molecule has 0 spiro atoms. The van der Waals surface area contributed by atoms with E-state index in [0.29, 0.717) is 49.7 Å². The number of piperidine rings is 1. The number of halogens is 1. The fraction of sp³-hybridized carbons (Fsp3) is 0.412. The summed E-state index contributed by atoms with van der Waals surface area (Å²) in [7, 11) is 0. The van der Waals surface area contributed by atoms with Crippen molar-refractivity contribution in [3.05, 3.63) is 47.5 Å². The van der Waals surface area contributed by atoms with Crippen molar-refractivity contribution < 1.29 is 9.59 Å². The summed E-state index contributed by atoms with van der Waals surface area (Å²) in [5.41, 5.74) is 0.447. The summed E-state index contributed by atoms with van der Waals surface area (Å²) in [5, 5.41) is 7.57. The van der Waals surface area contributed by atoms with E-state index >= 15 is 0 Å². The van der Waals surface area contributed by atoms with Crippen molar-refractivity contribution >= 4 is 23.4 Å². The van der Waals surface area contributed by atoms with Crippen LogP contribution in [0.15, 0.2) is 36.8 Å². The third-order valence-electron chi connectivity index (χ3n) is 4.28. The van der Waals surface area contributed by atoms with E-state index in [2.05, 4.69) is 15.4 Å². The van der Waals surface area contributed by atoms with Crippen LogP contribution in [0.1, 0.15) is 23.3 Å². The van der Waals surface area contributed by atoms with Crippen molar-refractivity contribution in [1.82, 2.24) is 25.0 Å². The number of carbonyl (C=O) groups excluding carboxylic acids is 2. The van der Waals surface area contributed by atoms with Gasteiger partial charge >= 0.3 is 0 Å². The molecule has 1 N–H and O–H groups in total. The first-order chi connectivity index (χ1) is 12.1. The maximum absolute atomic E-state index is 12.3. The van der Waals surface area contributed by atoms with Crippen LogP contribution >= 0.6 is 11.6 Å². The fourth-order valence-electron chi connectivity index (χ4n) is 2.89. The maximum Gasteiger partial charge on any atom is 0.272 e. The summed E-state index contributed by atoms with van der Waals surface area (Å²) in [6.07, 6.45) is 6.23. The Bertz CT molecular complexity index is 726. The van der Waals surface area contributed by atoms with Gasteiger partial charge in [-0.05, 0) is 25.0 Å². The lowest BCUT2D eigenvalue weighted by Crippen LogP contribution is -2.43. The largest absolute Gasteiger partial charge is 0.354 e. The van der Waals surface area contributed by atoms with E-state index in [1.165, 1.54) is 0 Å². The number of carbonyl (C=O) groups is 2. The van der Waals surface area contributed by atoms with E-state index in [4.69, 9.17) is 11.6 Å². The number of hydrogen-bond acceptors (Lipinski definition) is 4. The van der Waals surface area contributed by atoms with E-state index in [1.807, 2.05) is 0 Å². The zero-order valence-electron chi connectivity index (χ0n) is 13.8. The molecule has 3 heterocycles. The lowest BCUT2D eigenvalue weighted by atomic mass is 9.95. The minimum atomic E-state index is -0.0741. The topological polar surface area (TPSA) is 80.1 Å². The molecule has 0 aromatic carbocycles. The van der Waals surface area contributed by atoms with Crippen LogP contribution in [0.5, 0.6) is 0 Å². The predicted octanol–water partition coefficient (Wildman–Crippen LogP) is 1.60. The normalized spacial score (nSPS) is 15.2. The van der Waals surface area contributed by atoms with E-state index in [-0.39, 0.29) is 17.7 Å². The van der Waals surface area contributed by atoms with E-state index in [9.17, 15) is 9.59 Å². The smallest absolute Gasteiger partial charge is 0.272 e. The van der Waals surface area contributed by atoms with Gasteiger partial charge in [-0.1, -0.05) is 17.7 Å². The number of aromatic nitrogens is 3. The van der Waals surface area contributed by atoms with Gasteiger partial charge in [0.25, 0.3) is 5.91 Å². The lowest BCUT2D eigenvalue weighted by molar-refractivity contribution is -0.126. The highest BCUT2D eigenvalue weighted by Crippen LogP contribution is 2.18. The molecule has 3 rings (SSSR count). The second-order valence-corrected chi connectivity index (χ2v) is 6.43. The van der Waals surface area contributed by atoms with Crippen LogP contribution in [-0.4, -0.2) is 51.1 Å². The lowest BCUT2D eigenvalue weighted by Gasteiger charge is -2.31. The van der Waals surface area contributed by atoms with Crippen LogP contribution in [0.4, 0.5) is 0 Å². The molecule has 0 saturated carbocycles. The van der Waals surface area contributed by atoms with Crippen molar-refractivity contribution in [3.63, 3.8) is 0 Å². The maximum atomic E-state index is 12.3. The molecule has 1 saturated heterocycles. The molecule has 7 nitrogen and oxygen atoms in total. The number of likely N-dealkylation sites (tertiary alicyclic amines) is 1. The Labute approximate surface area is 151 Å². The number of amides is 2. The Morgan fingerprint density at radius 3 is 2.72 bits per heavy atom. The fourth-order valence-corrected chi connectivity index (χ4v) is 3.05. The zero-order valence-corrected chi connectivity index (χ0v) is 14.5. The summed E-state index contributed by atoms with van der Waals surface area (Å²) in [5.74, 6) is -0.104. The van der Waals surface area contributed by atoms with Crippen molar-refractivity contribution in [3.8, 4) is 0 Å². The first kappa shape index (κ1) is 17.4. The van der Waals surface area contributed by atoms with Crippen molar-refractivity contribution in [1.29, 1.82) is 0 Å². The van der Waals surface area contributed by atoms with Crippen LogP contribution in [0.2, 0.25) is 5.02 Å². The van der Waals surface area contributed by atoms with Gasteiger partial charge in [-0.15, -0.1) is 0 Å². The molecule has 25 heavy (non-hydrogen) atoms. The summed E-state index contributed by atoms with van der Waals surface area (Å²) >= 11 is 5.80. The third-order valence-corrected chi connectivity index (χ3v) is 4.47. The second kappa shape index (κ2) is 8.11. The van der Waals surface area contributed by atoms with Gasteiger partial charge < -0.3 is 10.2 Å². The predicted molar refractivity (Wildman–Crippen MR) is 93.1 cm³/mol. The van der Waals surface area contributed by atoms with Gasteiger partial charge in [-0.25, -0.2) is 0 Å². The molecule has 0 unspecified atom stereocenters. The van der Waals surface area contributed by atoms with E-state index in [0.717, 1.165) is 0 Å². The first-order valence-electron chi connectivity index (χ1n) is 8.29. The molecule has 1 fully saturated rings. The van der Waals surface area contributed by atoms with Crippen molar-refractivity contribution in [2.24, 2.45) is 5.92 Å². The average molecular weight is 362 g/mol. The first-order valence-corrected chi connectivity index (χ1v) is 8.67. The molecule has 132 valence electrons. The summed E-state index contributed by atoms with van der Waals surface area (Å²) in [6, 6.07) is 5.29. The van der Waals surface area contributed by atoms with E-state index in [1.54, 1.807) is 46.4 Å². The number of nitrogens with one attached hydrogen (secondary N) is 1. The molecule has 0 radical (unpaired) electrons. The number of hydrogen-bond donors (Lipinski definition) is 1. The van der Waals surface area contributed by atoms with E-state index < -0.39 is 0 Å². The molecule has 2 aromatic heterocycles. The molecular formula is C17H20ClN5O2. The SMILES string of the molecule is O=C(NCCn1cc(Cl)cn1)C1CCN(C(=O)c2ccccn2)CC1. The van der Waals surface area contributed by atoms with Gasteiger partial charge in [0.05, 0.1) is 17.8 Å². The number of nitrogens with zero attached hydrogens (tertiary/aromatic N) is 4. The highest BCUT2D eigenvalue weighted by atomic mass is 35.5. The van der Waals surface area contributed by atoms with Gasteiger partial charge in [0.1, 0.15) is 5.69 Å². The Morgan fingerprint density at radius 1 is 1.28 bits per heavy atom. The van der Waals surface area contributed by atoms with Gasteiger partial charge in [0, 0.05) is 37.9 Å². The van der Waals surface area contributed by atoms with Crippen molar-refractivity contribution in [2.45, 2.75) is 19.4 Å². The molecule has 8 heteroatoms. The van der Waals surface area contributed by atoms with Gasteiger partial charge in [-0.3, -0.25) is 19.3 Å². The molecule has 1 aliphatic rings. The zero-order chi connectivity index (χ0) is 17.6. The molecule has 2 aromatic rings. The van der Waals surface area contributed by atoms with Gasteiger partial charge in [-0.2, -0.15) is 5.10 Å². The highest BCUT2D eigenvalue weighted by Gasteiger charge is 2.27. The minimum absolute atomic E-state index is 0.0307. The molecule has 2 amide bonds.